The number of anilines is 1. The molecule has 0 radical (unpaired) electrons. The van der Waals surface area contributed by atoms with Crippen molar-refractivity contribution in [2.45, 2.75) is 40.0 Å². The van der Waals surface area contributed by atoms with Crippen molar-refractivity contribution in [1.82, 2.24) is 0 Å². The quantitative estimate of drug-likeness (QED) is 0.611. The van der Waals surface area contributed by atoms with E-state index in [2.05, 4.69) is 26.1 Å². The number of hydrogen-bond acceptors (Lipinski definition) is 3. The molecule has 0 aliphatic heterocycles. The van der Waals surface area contributed by atoms with Crippen LogP contribution in [0.3, 0.4) is 0 Å². The minimum absolute atomic E-state index is 0.209. The van der Waals surface area contributed by atoms with Crippen molar-refractivity contribution in [3.05, 3.63) is 64.0 Å². The summed E-state index contributed by atoms with van der Waals surface area (Å²) in [5, 5.41) is 5.47. The molecule has 0 saturated carbocycles. The maximum absolute atomic E-state index is 13.1. The third-order valence-electron chi connectivity index (χ3n) is 6.00. The van der Waals surface area contributed by atoms with E-state index in [0.29, 0.717) is 22.0 Å². The Morgan fingerprint density at radius 3 is 2.55 bits per heavy atom. The lowest BCUT2D eigenvalue weighted by Crippen LogP contribution is -2.27. The molecule has 2 aromatic carbocycles. The summed E-state index contributed by atoms with van der Waals surface area (Å²) >= 11 is 1.51. The van der Waals surface area contributed by atoms with Gasteiger partial charge in [0, 0.05) is 10.4 Å². The zero-order valence-electron chi connectivity index (χ0n) is 17.0. The van der Waals surface area contributed by atoms with E-state index in [0.717, 1.165) is 35.6 Å². The Morgan fingerprint density at radius 2 is 1.83 bits per heavy atom. The van der Waals surface area contributed by atoms with Crippen LogP contribution in [0.4, 0.5) is 5.00 Å². The molecule has 0 spiro atoms. The number of nitrogens with one attached hydrogen (secondary N) is 1. The smallest absolute Gasteiger partial charge is 0.256 e. The number of hydrogen-bond donors (Lipinski definition) is 2. The van der Waals surface area contributed by atoms with Gasteiger partial charge in [0.15, 0.2) is 0 Å². The van der Waals surface area contributed by atoms with E-state index in [1.54, 1.807) is 0 Å². The zero-order chi connectivity index (χ0) is 20.8. The fraction of sp³-hybridized carbons (Fsp3) is 0.333. The number of amides is 2. The molecule has 0 bridgehead atoms. The summed E-state index contributed by atoms with van der Waals surface area (Å²) in [5.41, 5.74) is 8.04. The second kappa shape index (κ2) is 7.30. The maximum atomic E-state index is 13.1. The van der Waals surface area contributed by atoms with Gasteiger partial charge in [-0.3, -0.25) is 9.59 Å². The largest absolute Gasteiger partial charge is 0.365 e. The van der Waals surface area contributed by atoms with Gasteiger partial charge in [-0.25, -0.2) is 0 Å². The van der Waals surface area contributed by atoms with Crippen molar-refractivity contribution in [1.29, 1.82) is 0 Å². The Hall–Kier alpha value is -2.66. The minimum Gasteiger partial charge on any atom is -0.365 e. The highest BCUT2D eigenvalue weighted by Crippen LogP contribution is 2.44. The average Bonchev–Trinajstić information content (AvgIpc) is 3.03. The van der Waals surface area contributed by atoms with Crippen molar-refractivity contribution in [2.24, 2.45) is 17.1 Å². The SMILES string of the molecule is CC(C)(C)C1CCc2c(sc(NC(=O)c3cccc4ccccc34)c2C(N)=O)C1. The standard InChI is InChI=1S/C24H26N2O2S/c1-24(2,3)15-11-12-18-19(13-15)29-23(20(18)21(25)27)26-22(28)17-10-6-8-14-7-4-5-9-16(14)17/h4-10,15H,11-13H2,1-3H3,(H2,25,27)(H,26,28). The zero-order valence-corrected chi connectivity index (χ0v) is 17.9. The van der Waals surface area contributed by atoms with Crippen LogP contribution in [-0.2, 0) is 12.8 Å². The number of carbonyl (C=O) groups excluding carboxylic acids is 2. The van der Waals surface area contributed by atoms with Crippen molar-refractivity contribution < 1.29 is 9.59 Å². The molecule has 1 atom stereocenters. The Labute approximate surface area is 175 Å². The normalized spacial score (nSPS) is 16.4. The molecular formula is C24H26N2O2S. The number of fused-ring (bicyclic) bond motifs is 2. The van der Waals surface area contributed by atoms with Crippen molar-refractivity contribution in [3.63, 3.8) is 0 Å². The summed E-state index contributed by atoms with van der Waals surface area (Å²) in [4.78, 5) is 26.5. The molecule has 4 nitrogen and oxygen atoms in total. The van der Waals surface area contributed by atoms with Crippen LogP contribution in [0.1, 0.15) is 58.3 Å². The van der Waals surface area contributed by atoms with Gasteiger partial charge in [-0.2, -0.15) is 0 Å². The summed E-state index contributed by atoms with van der Waals surface area (Å²) in [5.74, 6) is -0.129. The first kappa shape index (κ1) is 19.6. The molecule has 1 aromatic heterocycles. The molecule has 150 valence electrons. The number of benzene rings is 2. The Kier molecular flexibility index (Phi) is 4.95. The lowest BCUT2D eigenvalue weighted by molar-refractivity contribution is 0.1000. The van der Waals surface area contributed by atoms with Gasteiger partial charge < -0.3 is 11.1 Å². The first-order valence-electron chi connectivity index (χ1n) is 9.99. The van der Waals surface area contributed by atoms with E-state index in [1.165, 1.54) is 16.2 Å². The van der Waals surface area contributed by atoms with Crippen LogP contribution in [-0.4, -0.2) is 11.8 Å². The van der Waals surface area contributed by atoms with E-state index in [-0.39, 0.29) is 11.3 Å². The fourth-order valence-corrected chi connectivity index (χ4v) is 5.60. The predicted octanol–water partition coefficient (Wildman–Crippen LogP) is 5.40. The second-order valence-electron chi connectivity index (χ2n) is 8.86. The Balaban J connectivity index is 1.70. The molecule has 0 fully saturated rings. The molecule has 4 rings (SSSR count). The molecule has 1 heterocycles. The summed E-state index contributed by atoms with van der Waals surface area (Å²) < 4.78 is 0. The predicted molar refractivity (Wildman–Crippen MR) is 120 cm³/mol. The molecule has 1 unspecified atom stereocenters. The van der Waals surface area contributed by atoms with Gasteiger partial charge in [-0.05, 0) is 53.0 Å². The highest BCUT2D eigenvalue weighted by molar-refractivity contribution is 7.17. The van der Waals surface area contributed by atoms with Crippen LogP contribution in [0.5, 0.6) is 0 Å². The Bertz CT molecular complexity index is 1100. The topological polar surface area (TPSA) is 72.2 Å². The summed E-state index contributed by atoms with van der Waals surface area (Å²) in [6.45, 7) is 6.78. The number of nitrogens with two attached hydrogens (primary N) is 1. The molecule has 3 aromatic rings. The molecular weight excluding hydrogens is 380 g/mol. The third kappa shape index (κ3) is 3.67. The number of primary amides is 1. The molecule has 0 saturated heterocycles. The van der Waals surface area contributed by atoms with Crippen LogP contribution >= 0.6 is 11.3 Å². The highest BCUT2D eigenvalue weighted by Gasteiger charge is 2.33. The number of rotatable bonds is 3. The maximum Gasteiger partial charge on any atom is 0.256 e. The molecule has 29 heavy (non-hydrogen) atoms. The lowest BCUT2D eigenvalue weighted by Gasteiger charge is -2.33. The van der Waals surface area contributed by atoms with Crippen LogP contribution in [0, 0.1) is 11.3 Å². The molecule has 3 N–H and O–H groups in total. The third-order valence-corrected chi connectivity index (χ3v) is 7.17. The van der Waals surface area contributed by atoms with Gasteiger partial charge in [0.05, 0.1) is 5.56 Å². The van der Waals surface area contributed by atoms with Crippen molar-refractivity contribution in [3.8, 4) is 0 Å². The van der Waals surface area contributed by atoms with Crippen LogP contribution in [0.15, 0.2) is 42.5 Å². The first-order valence-corrected chi connectivity index (χ1v) is 10.8. The molecule has 5 heteroatoms. The summed E-state index contributed by atoms with van der Waals surface area (Å²) in [6, 6.07) is 13.5. The van der Waals surface area contributed by atoms with Gasteiger partial charge in [-0.15, -0.1) is 11.3 Å². The minimum atomic E-state index is -0.468. The monoisotopic (exact) mass is 406 g/mol. The van der Waals surface area contributed by atoms with E-state index in [4.69, 9.17) is 5.73 Å². The summed E-state index contributed by atoms with van der Waals surface area (Å²) in [6.07, 6.45) is 2.79. The fourth-order valence-electron chi connectivity index (χ4n) is 4.27. The van der Waals surface area contributed by atoms with E-state index in [9.17, 15) is 9.59 Å². The Morgan fingerprint density at radius 1 is 1.10 bits per heavy atom. The van der Waals surface area contributed by atoms with Crippen molar-refractivity contribution >= 4 is 38.9 Å². The van der Waals surface area contributed by atoms with Crippen molar-refractivity contribution in [2.75, 3.05) is 5.32 Å². The van der Waals surface area contributed by atoms with Gasteiger partial charge in [-0.1, -0.05) is 57.2 Å². The average molecular weight is 407 g/mol. The van der Waals surface area contributed by atoms with Crippen LogP contribution in [0.25, 0.3) is 10.8 Å². The van der Waals surface area contributed by atoms with E-state index in [1.807, 2.05) is 42.5 Å². The molecule has 2 amide bonds. The molecule has 1 aliphatic carbocycles. The highest BCUT2D eigenvalue weighted by atomic mass is 32.1. The van der Waals surface area contributed by atoms with Gasteiger partial charge >= 0.3 is 0 Å². The molecule has 1 aliphatic rings. The number of thiophene rings is 1. The first-order chi connectivity index (χ1) is 13.8. The summed E-state index contributed by atoms with van der Waals surface area (Å²) in [7, 11) is 0. The van der Waals surface area contributed by atoms with Gasteiger partial charge in [0.25, 0.3) is 11.8 Å². The lowest BCUT2D eigenvalue weighted by atomic mass is 9.72. The van der Waals surface area contributed by atoms with Gasteiger partial charge in [0.2, 0.25) is 0 Å². The second-order valence-corrected chi connectivity index (χ2v) is 9.96. The van der Waals surface area contributed by atoms with E-state index < -0.39 is 5.91 Å². The van der Waals surface area contributed by atoms with E-state index >= 15 is 0 Å². The van der Waals surface area contributed by atoms with Crippen LogP contribution in [0.2, 0.25) is 0 Å². The van der Waals surface area contributed by atoms with Gasteiger partial charge in [0.1, 0.15) is 5.00 Å². The van der Waals surface area contributed by atoms with Crippen LogP contribution < -0.4 is 11.1 Å². The number of carbonyl (C=O) groups is 2.